The van der Waals surface area contributed by atoms with Gasteiger partial charge in [0.25, 0.3) is 5.91 Å². The molecule has 7 heteroatoms. The molecule has 132 valence electrons. The van der Waals surface area contributed by atoms with E-state index in [0.717, 1.165) is 37.2 Å². The van der Waals surface area contributed by atoms with Crippen LogP contribution in [0.3, 0.4) is 0 Å². The lowest BCUT2D eigenvalue weighted by Crippen LogP contribution is -2.52. The van der Waals surface area contributed by atoms with Crippen LogP contribution in [0.5, 0.6) is 0 Å². The van der Waals surface area contributed by atoms with E-state index in [9.17, 15) is 14.4 Å². The second kappa shape index (κ2) is 6.57. The maximum absolute atomic E-state index is 12.8. The highest BCUT2D eigenvalue weighted by Gasteiger charge is 2.39. The summed E-state index contributed by atoms with van der Waals surface area (Å²) in [6.45, 7) is 3.18. The van der Waals surface area contributed by atoms with Crippen molar-refractivity contribution in [3.63, 3.8) is 0 Å². The first-order chi connectivity index (χ1) is 12.1. The standard InChI is InChI=1S/C18H22N4O3/c23-16-4-3-15(17(24)21-16)22-10-12-2-1-11(7-14(12)18(22)25)8-20-13-5-6-19-9-13/h1-2,7,13,15,19-20H,3-6,8-10H2,(H,21,23,24)/t13-,15?/m0/s1. The molecule has 25 heavy (non-hydrogen) atoms. The first-order valence-corrected chi connectivity index (χ1v) is 8.82. The number of hydrogen-bond acceptors (Lipinski definition) is 5. The molecule has 1 aromatic rings. The molecule has 0 spiro atoms. The van der Waals surface area contributed by atoms with Crippen LogP contribution in [0.15, 0.2) is 18.2 Å². The van der Waals surface area contributed by atoms with Crippen molar-refractivity contribution in [2.45, 2.75) is 44.4 Å². The second-order valence-corrected chi connectivity index (χ2v) is 6.96. The Morgan fingerprint density at radius 3 is 2.84 bits per heavy atom. The van der Waals surface area contributed by atoms with Gasteiger partial charge in [0.05, 0.1) is 0 Å². The van der Waals surface area contributed by atoms with Gasteiger partial charge in [-0.05, 0) is 36.6 Å². The van der Waals surface area contributed by atoms with Gasteiger partial charge >= 0.3 is 0 Å². The average molecular weight is 342 g/mol. The van der Waals surface area contributed by atoms with E-state index in [2.05, 4.69) is 16.0 Å². The Morgan fingerprint density at radius 1 is 1.20 bits per heavy atom. The lowest BCUT2D eigenvalue weighted by molar-refractivity contribution is -0.136. The van der Waals surface area contributed by atoms with Crippen molar-refractivity contribution in [3.8, 4) is 0 Å². The van der Waals surface area contributed by atoms with Crippen LogP contribution in [0.25, 0.3) is 0 Å². The Kier molecular flexibility index (Phi) is 4.27. The number of imide groups is 1. The van der Waals surface area contributed by atoms with Gasteiger partial charge in [0.2, 0.25) is 11.8 Å². The van der Waals surface area contributed by atoms with E-state index >= 15 is 0 Å². The summed E-state index contributed by atoms with van der Waals surface area (Å²) in [6, 6.07) is 5.87. The third-order valence-electron chi connectivity index (χ3n) is 5.25. The lowest BCUT2D eigenvalue weighted by atomic mass is 10.0. The van der Waals surface area contributed by atoms with E-state index in [1.807, 2.05) is 18.2 Å². The van der Waals surface area contributed by atoms with E-state index in [0.29, 0.717) is 24.6 Å². The third kappa shape index (κ3) is 3.17. The van der Waals surface area contributed by atoms with Gasteiger partial charge in [0.1, 0.15) is 6.04 Å². The van der Waals surface area contributed by atoms with E-state index < -0.39 is 6.04 Å². The Hall–Kier alpha value is -2.25. The Morgan fingerprint density at radius 2 is 2.08 bits per heavy atom. The van der Waals surface area contributed by atoms with Crippen LogP contribution in [0.4, 0.5) is 0 Å². The van der Waals surface area contributed by atoms with Crippen molar-refractivity contribution in [1.82, 2.24) is 20.9 Å². The molecule has 3 N–H and O–H groups in total. The number of nitrogens with zero attached hydrogens (tertiary/aromatic N) is 1. The molecule has 3 amide bonds. The van der Waals surface area contributed by atoms with Crippen molar-refractivity contribution in [2.24, 2.45) is 0 Å². The van der Waals surface area contributed by atoms with Crippen LogP contribution in [0.1, 0.15) is 40.7 Å². The molecule has 1 unspecified atom stereocenters. The number of carbonyl (C=O) groups is 3. The van der Waals surface area contributed by atoms with Crippen LogP contribution in [-0.4, -0.2) is 47.8 Å². The molecule has 7 nitrogen and oxygen atoms in total. The summed E-state index contributed by atoms with van der Waals surface area (Å²) in [4.78, 5) is 37.7. The zero-order valence-electron chi connectivity index (χ0n) is 14.0. The number of carbonyl (C=O) groups excluding carboxylic acids is 3. The topological polar surface area (TPSA) is 90.5 Å². The fourth-order valence-corrected chi connectivity index (χ4v) is 3.80. The minimum Gasteiger partial charge on any atom is -0.322 e. The summed E-state index contributed by atoms with van der Waals surface area (Å²) in [6.07, 6.45) is 1.79. The SMILES string of the molecule is O=C1CCC(N2Cc3ccc(CN[C@H]4CCNC4)cc3C2=O)C(=O)N1. The van der Waals surface area contributed by atoms with Crippen molar-refractivity contribution in [2.75, 3.05) is 13.1 Å². The van der Waals surface area contributed by atoms with E-state index in [1.165, 1.54) is 0 Å². The van der Waals surface area contributed by atoms with E-state index in [4.69, 9.17) is 0 Å². The molecule has 1 aromatic carbocycles. The van der Waals surface area contributed by atoms with Gasteiger partial charge in [-0.15, -0.1) is 0 Å². The molecular formula is C18H22N4O3. The monoisotopic (exact) mass is 342 g/mol. The maximum atomic E-state index is 12.8. The maximum Gasteiger partial charge on any atom is 0.255 e. The van der Waals surface area contributed by atoms with E-state index in [-0.39, 0.29) is 24.1 Å². The molecule has 3 heterocycles. The first kappa shape index (κ1) is 16.2. The molecule has 0 aromatic heterocycles. The minimum atomic E-state index is -0.552. The number of piperidine rings is 1. The summed E-state index contributed by atoms with van der Waals surface area (Å²) in [7, 11) is 0. The summed E-state index contributed by atoms with van der Waals surface area (Å²) in [5, 5.41) is 9.15. The van der Waals surface area contributed by atoms with Gasteiger partial charge in [-0.1, -0.05) is 12.1 Å². The summed E-state index contributed by atoms with van der Waals surface area (Å²) in [5.74, 6) is -0.748. The molecule has 0 radical (unpaired) electrons. The van der Waals surface area contributed by atoms with Gasteiger partial charge in [-0.25, -0.2) is 0 Å². The third-order valence-corrected chi connectivity index (χ3v) is 5.25. The second-order valence-electron chi connectivity index (χ2n) is 6.96. The molecular weight excluding hydrogens is 320 g/mol. The molecule has 0 bridgehead atoms. The van der Waals surface area contributed by atoms with Crippen LogP contribution in [0.2, 0.25) is 0 Å². The molecule has 3 aliphatic heterocycles. The van der Waals surface area contributed by atoms with Gasteiger partial charge in [0.15, 0.2) is 0 Å². The minimum absolute atomic E-state index is 0.117. The van der Waals surface area contributed by atoms with Crippen molar-refractivity contribution >= 4 is 17.7 Å². The Balaban J connectivity index is 1.46. The zero-order chi connectivity index (χ0) is 17.4. The van der Waals surface area contributed by atoms with Gasteiger partial charge in [0, 0.05) is 37.7 Å². The van der Waals surface area contributed by atoms with Gasteiger partial charge < -0.3 is 15.5 Å². The summed E-state index contributed by atoms with van der Waals surface area (Å²) >= 11 is 0. The normalized spacial score (nSPS) is 26.1. The van der Waals surface area contributed by atoms with Gasteiger partial charge in [-0.3, -0.25) is 19.7 Å². The lowest BCUT2D eigenvalue weighted by Gasteiger charge is -2.29. The number of rotatable bonds is 4. The predicted octanol–water partition coefficient (Wildman–Crippen LogP) is -0.101. The van der Waals surface area contributed by atoms with Crippen LogP contribution >= 0.6 is 0 Å². The highest BCUT2D eigenvalue weighted by Crippen LogP contribution is 2.28. The fourth-order valence-electron chi connectivity index (χ4n) is 3.80. The molecule has 0 aliphatic carbocycles. The molecule has 3 aliphatic rings. The number of hydrogen-bond donors (Lipinski definition) is 3. The number of nitrogens with one attached hydrogen (secondary N) is 3. The Bertz CT molecular complexity index is 727. The number of fused-ring (bicyclic) bond motifs is 1. The zero-order valence-corrected chi connectivity index (χ0v) is 14.0. The molecule has 2 fully saturated rings. The molecule has 2 saturated heterocycles. The average Bonchev–Trinajstić information content (AvgIpc) is 3.22. The number of benzene rings is 1. The number of amides is 3. The van der Waals surface area contributed by atoms with Crippen molar-refractivity contribution in [3.05, 3.63) is 34.9 Å². The van der Waals surface area contributed by atoms with Crippen LogP contribution in [-0.2, 0) is 22.7 Å². The van der Waals surface area contributed by atoms with Crippen LogP contribution < -0.4 is 16.0 Å². The van der Waals surface area contributed by atoms with Crippen LogP contribution in [0, 0.1) is 0 Å². The van der Waals surface area contributed by atoms with E-state index in [1.54, 1.807) is 4.90 Å². The van der Waals surface area contributed by atoms with Gasteiger partial charge in [-0.2, -0.15) is 0 Å². The quantitative estimate of drug-likeness (QED) is 0.665. The largest absolute Gasteiger partial charge is 0.322 e. The molecule has 0 saturated carbocycles. The summed E-state index contributed by atoms with van der Waals surface area (Å²) < 4.78 is 0. The van der Waals surface area contributed by atoms with Crippen molar-refractivity contribution in [1.29, 1.82) is 0 Å². The Labute approximate surface area is 146 Å². The first-order valence-electron chi connectivity index (χ1n) is 8.82. The van der Waals surface area contributed by atoms with Crippen molar-refractivity contribution < 1.29 is 14.4 Å². The fraction of sp³-hybridized carbons (Fsp3) is 0.500. The highest BCUT2D eigenvalue weighted by molar-refractivity contribution is 6.05. The summed E-state index contributed by atoms with van der Waals surface area (Å²) in [5.41, 5.74) is 2.69. The predicted molar refractivity (Wildman–Crippen MR) is 90.6 cm³/mol. The molecule has 2 atom stereocenters. The highest BCUT2D eigenvalue weighted by atomic mass is 16.2. The smallest absolute Gasteiger partial charge is 0.255 e. The molecule has 4 rings (SSSR count).